The normalized spacial score (nSPS) is 12.0. The van der Waals surface area contributed by atoms with E-state index in [9.17, 15) is 0 Å². The maximum absolute atomic E-state index is 6.69. The van der Waals surface area contributed by atoms with Gasteiger partial charge in [-0.3, -0.25) is 4.57 Å². The highest BCUT2D eigenvalue weighted by Gasteiger charge is 2.21. The Morgan fingerprint density at radius 3 is 1.64 bits per heavy atom. The smallest absolute Gasteiger partial charge is 0.235 e. The van der Waals surface area contributed by atoms with E-state index in [2.05, 4.69) is 150 Å². The molecule has 0 unspecified atom stereocenters. The molecule has 0 amide bonds. The van der Waals surface area contributed by atoms with E-state index in [1.807, 2.05) is 18.2 Å². The molecule has 0 saturated heterocycles. The molecule has 8 aromatic carbocycles. The van der Waals surface area contributed by atoms with E-state index in [0.29, 0.717) is 5.95 Å². The molecule has 50 heavy (non-hydrogen) atoms. The van der Waals surface area contributed by atoms with Crippen molar-refractivity contribution in [2.24, 2.45) is 0 Å². The largest absolute Gasteiger partial charge is 0.455 e. The number of benzene rings is 8. The molecule has 0 N–H and O–H groups in total. The lowest BCUT2D eigenvalue weighted by molar-refractivity contribution is 0.670. The standard InChI is InChI=1S/C46H27N3O/c1-2-12-28(13-3-1)39-27-40(38-24-33-18-8-9-19-34(33)44-35-20-10-11-21-43(35)50-45(38)44)48-46(47-39)49-41-25-31-16-6-4-14-29(31)22-36(41)37-23-30-15-5-7-17-32(30)26-42(37)49/h1-27H. The molecular weight excluding hydrogens is 611 g/mol. The second-order valence-corrected chi connectivity index (χ2v) is 13.0. The van der Waals surface area contributed by atoms with Crippen molar-refractivity contribution in [3.05, 3.63) is 164 Å². The molecule has 0 aliphatic carbocycles. The third-order valence-corrected chi connectivity index (χ3v) is 10.1. The van der Waals surface area contributed by atoms with Gasteiger partial charge in [-0.25, -0.2) is 9.97 Å². The first kappa shape index (κ1) is 27.2. The van der Waals surface area contributed by atoms with Crippen LogP contribution < -0.4 is 0 Å². The topological polar surface area (TPSA) is 43.9 Å². The van der Waals surface area contributed by atoms with Crippen molar-refractivity contribution in [2.75, 3.05) is 0 Å². The van der Waals surface area contributed by atoms with Gasteiger partial charge in [-0.2, -0.15) is 0 Å². The van der Waals surface area contributed by atoms with Crippen LogP contribution in [0.5, 0.6) is 0 Å². The summed E-state index contributed by atoms with van der Waals surface area (Å²) in [6, 6.07) is 57.8. The third-order valence-electron chi connectivity index (χ3n) is 10.1. The Bertz CT molecular complexity index is 3060. The average Bonchev–Trinajstić information content (AvgIpc) is 3.71. The number of rotatable bonds is 3. The van der Waals surface area contributed by atoms with Crippen molar-refractivity contribution in [3.8, 4) is 28.5 Å². The second-order valence-electron chi connectivity index (χ2n) is 13.0. The van der Waals surface area contributed by atoms with Gasteiger partial charge in [-0.05, 0) is 74.8 Å². The fourth-order valence-corrected chi connectivity index (χ4v) is 7.80. The summed E-state index contributed by atoms with van der Waals surface area (Å²) in [5.74, 6) is 0.615. The van der Waals surface area contributed by atoms with Gasteiger partial charge in [-0.15, -0.1) is 0 Å². The van der Waals surface area contributed by atoms with Gasteiger partial charge < -0.3 is 4.42 Å². The Morgan fingerprint density at radius 2 is 0.960 bits per heavy atom. The van der Waals surface area contributed by atoms with Crippen LogP contribution in [0.4, 0.5) is 0 Å². The lowest BCUT2D eigenvalue weighted by atomic mass is 9.98. The molecule has 0 radical (unpaired) electrons. The number of aromatic nitrogens is 3. The predicted molar refractivity (Wildman–Crippen MR) is 207 cm³/mol. The first-order valence-corrected chi connectivity index (χ1v) is 16.9. The van der Waals surface area contributed by atoms with E-state index in [4.69, 9.17) is 14.4 Å². The van der Waals surface area contributed by atoms with E-state index < -0.39 is 0 Å². The molecule has 0 atom stereocenters. The Kier molecular flexibility index (Phi) is 5.63. The molecule has 3 aromatic heterocycles. The number of furan rings is 1. The molecule has 0 bridgehead atoms. The van der Waals surface area contributed by atoms with Gasteiger partial charge in [0, 0.05) is 32.7 Å². The van der Waals surface area contributed by atoms with E-state index in [1.54, 1.807) is 0 Å². The molecule has 11 aromatic rings. The van der Waals surface area contributed by atoms with Gasteiger partial charge in [0.2, 0.25) is 5.95 Å². The van der Waals surface area contributed by atoms with Gasteiger partial charge in [0.25, 0.3) is 0 Å². The zero-order chi connectivity index (χ0) is 32.8. The quantitative estimate of drug-likeness (QED) is 0.194. The van der Waals surface area contributed by atoms with Crippen LogP contribution in [-0.2, 0) is 0 Å². The summed E-state index contributed by atoms with van der Waals surface area (Å²) in [5, 5.41) is 11.6. The van der Waals surface area contributed by atoms with Crippen molar-refractivity contribution < 1.29 is 4.42 Å². The zero-order valence-corrected chi connectivity index (χ0v) is 26.8. The van der Waals surface area contributed by atoms with Crippen LogP contribution in [0.2, 0.25) is 0 Å². The van der Waals surface area contributed by atoms with Gasteiger partial charge in [0.05, 0.1) is 22.4 Å². The summed E-state index contributed by atoms with van der Waals surface area (Å²) >= 11 is 0. The number of hydrogen-bond donors (Lipinski definition) is 0. The van der Waals surface area contributed by atoms with Crippen LogP contribution in [0.15, 0.2) is 168 Å². The summed E-state index contributed by atoms with van der Waals surface area (Å²) in [7, 11) is 0. The van der Waals surface area contributed by atoms with Crippen LogP contribution in [-0.4, -0.2) is 14.5 Å². The summed E-state index contributed by atoms with van der Waals surface area (Å²) in [4.78, 5) is 10.8. The average molecular weight is 638 g/mol. The Morgan fingerprint density at radius 1 is 0.420 bits per heavy atom. The Labute approximate surface area is 286 Å². The number of nitrogens with zero attached hydrogens (tertiary/aromatic N) is 3. The van der Waals surface area contributed by atoms with Crippen LogP contribution in [0.25, 0.3) is 105 Å². The van der Waals surface area contributed by atoms with Gasteiger partial charge in [0.1, 0.15) is 11.2 Å². The second kappa shape index (κ2) is 10.4. The van der Waals surface area contributed by atoms with Crippen molar-refractivity contribution in [1.29, 1.82) is 0 Å². The fraction of sp³-hybridized carbons (Fsp3) is 0. The zero-order valence-electron chi connectivity index (χ0n) is 26.8. The van der Waals surface area contributed by atoms with Crippen molar-refractivity contribution in [1.82, 2.24) is 14.5 Å². The summed E-state index contributed by atoms with van der Waals surface area (Å²) in [5.41, 5.74) is 7.43. The van der Waals surface area contributed by atoms with Crippen molar-refractivity contribution >= 4 is 76.1 Å². The third kappa shape index (κ3) is 3.99. The highest BCUT2D eigenvalue weighted by atomic mass is 16.3. The number of para-hydroxylation sites is 1. The lowest BCUT2D eigenvalue weighted by Crippen LogP contribution is -2.04. The highest BCUT2D eigenvalue weighted by Crippen LogP contribution is 2.42. The SMILES string of the molecule is c1ccc(-c2cc(-c3cc4ccccc4c4c3oc3ccccc34)nc(-n3c4cc5ccccc5cc4c4cc5ccccc5cc43)n2)cc1. The van der Waals surface area contributed by atoms with Crippen LogP contribution in [0.1, 0.15) is 0 Å². The van der Waals surface area contributed by atoms with Gasteiger partial charge in [0.15, 0.2) is 0 Å². The lowest BCUT2D eigenvalue weighted by Gasteiger charge is -2.13. The molecule has 11 rings (SSSR count). The molecule has 0 spiro atoms. The van der Waals surface area contributed by atoms with E-state index >= 15 is 0 Å². The van der Waals surface area contributed by atoms with Crippen molar-refractivity contribution in [2.45, 2.75) is 0 Å². The van der Waals surface area contributed by atoms with Crippen molar-refractivity contribution in [3.63, 3.8) is 0 Å². The molecule has 0 aliphatic rings. The molecule has 0 fully saturated rings. The van der Waals surface area contributed by atoms with E-state index in [-0.39, 0.29) is 0 Å². The summed E-state index contributed by atoms with van der Waals surface area (Å²) in [6.07, 6.45) is 0. The molecular formula is C46H27N3O. The summed E-state index contributed by atoms with van der Waals surface area (Å²) in [6.45, 7) is 0. The minimum atomic E-state index is 0.615. The summed E-state index contributed by atoms with van der Waals surface area (Å²) < 4.78 is 8.94. The first-order valence-electron chi connectivity index (χ1n) is 16.9. The van der Waals surface area contributed by atoms with Crippen LogP contribution in [0, 0.1) is 0 Å². The molecule has 3 heterocycles. The van der Waals surface area contributed by atoms with E-state index in [0.717, 1.165) is 66.3 Å². The monoisotopic (exact) mass is 637 g/mol. The number of hydrogen-bond acceptors (Lipinski definition) is 3. The molecule has 0 aliphatic heterocycles. The molecule has 0 saturated carbocycles. The van der Waals surface area contributed by atoms with E-state index in [1.165, 1.54) is 32.3 Å². The predicted octanol–water partition coefficient (Wildman–Crippen LogP) is 12.3. The Balaban J connectivity index is 1.29. The van der Waals surface area contributed by atoms with Crippen LogP contribution >= 0.6 is 0 Å². The highest BCUT2D eigenvalue weighted by molar-refractivity contribution is 6.22. The van der Waals surface area contributed by atoms with Crippen LogP contribution in [0.3, 0.4) is 0 Å². The Hall–Kier alpha value is -6.78. The fourth-order valence-electron chi connectivity index (χ4n) is 7.80. The molecule has 232 valence electrons. The minimum Gasteiger partial charge on any atom is -0.455 e. The maximum Gasteiger partial charge on any atom is 0.235 e. The van der Waals surface area contributed by atoms with Gasteiger partial charge in [-0.1, -0.05) is 121 Å². The van der Waals surface area contributed by atoms with Gasteiger partial charge >= 0.3 is 0 Å². The first-order chi connectivity index (χ1) is 24.8. The molecule has 4 nitrogen and oxygen atoms in total. The number of fused-ring (bicyclic) bond motifs is 10. The minimum absolute atomic E-state index is 0.615. The molecule has 4 heteroatoms. The maximum atomic E-state index is 6.69.